The Morgan fingerprint density at radius 1 is 1.62 bits per heavy atom. The van der Waals surface area contributed by atoms with Crippen LogP contribution in [0.3, 0.4) is 0 Å². The van der Waals surface area contributed by atoms with Crippen molar-refractivity contribution in [3.05, 3.63) is 22.2 Å². The Balaban J connectivity index is 2.20. The molecular weight excluding hydrogens is 234 g/mol. The molecule has 0 radical (unpaired) electrons. The van der Waals surface area contributed by atoms with Gasteiger partial charge in [0.15, 0.2) is 0 Å². The summed E-state index contributed by atoms with van der Waals surface area (Å²) >= 11 is 3.40. The minimum absolute atomic E-state index is 0.0402. The Morgan fingerprint density at radius 3 is 2.85 bits per heavy atom. The molecule has 0 saturated carbocycles. The van der Waals surface area contributed by atoms with Gasteiger partial charge in [0, 0.05) is 4.48 Å². The number of rotatable bonds is 2. The maximum absolute atomic E-state index is 11.5. The van der Waals surface area contributed by atoms with E-state index in [1.54, 1.807) is 0 Å². The highest BCUT2D eigenvalue weighted by Crippen LogP contribution is 2.33. The number of hydrogen-bond donors (Lipinski definition) is 1. The average Bonchev–Trinajstić information content (AvgIpc) is 2.63. The number of esters is 1. The van der Waals surface area contributed by atoms with E-state index < -0.39 is 0 Å². The molecule has 3 nitrogen and oxygen atoms in total. The summed E-state index contributed by atoms with van der Waals surface area (Å²) < 4.78 is 5.86. The van der Waals surface area contributed by atoms with Crippen molar-refractivity contribution in [2.24, 2.45) is 0 Å². The van der Waals surface area contributed by atoms with Crippen molar-refractivity contribution in [3.63, 3.8) is 0 Å². The lowest BCUT2D eigenvalue weighted by Crippen LogP contribution is -2.25. The quantitative estimate of drug-likeness (QED) is 0.584. The van der Waals surface area contributed by atoms with Crippen LogP contribution in [0.5, 0.6) is 0 Å². The largest absolute Gasteiger partial charge is 0.463 e. The Kier molecular flexibility index (Phi) is 2.26. The van der Waals surface area contributed by atoms with Crippen LogP contribution >= 0.6 is 15.9 Å². The van der Waals surface area contributed by atoms with E-state index in [2.05, 4.69) is 21.2 Å². The monoisotopic (exact) mass is 243 g/mol. The van der Waals surface area contributed by atoms with Crippen LogP contribution in [-0.4, -0.2) is 24.7 Å². The second kappa shape index (κ2) is 3.27. The molecule has 2 aliphatic heterocycles. The number of hydrogen-bond acceptors (Lipinski definition) is 3. The van der Waals surface area contributed by atoms with Crippen molar-refractivity contribution in [3.8, 4) is 0 Å². The van der Waals surface area contributed by atoms with Crippen LogP contribution in [0.4, 0.5) is 0 Å². The van der Waals surface area contributed by atoms with Gasteiger partial charge in [0.25, 0.3) is 0 Å². The van der Waals surface area contributed by atoms with Crippen LogP contribution in [-0.2, 0) is 9.53 Å². The van der Waals surface area contributed by atoms with Gasteiger partial charge in [0.1, 0.15) is 0 Å². The first-order valence-corrected chi connectivity index (χ1v) is 5.04. The minimum Gasteiger partial charge on any atom is -0.463 e. The molecular formula is C9H10BrNO2. The van der Waals surface area contributed by atoms with E-state index in [1.165, 1.54) is 0 Å². The molecule has 2 aliphatic rings. The predicted octanol–water partition coefficient (Wildman–Crippen LogP) is 1.11. The first-order valence-electron chi connectivity index (χ1n) is 4.25. The molecule has 4 heteroatoms. The Hall–Kier alpha value is -0.610. The number of carbonyl (C=O) groups excluding carboxylic acids is 1. The third kappa shape index (κ3) is 1.34. The molecule has 2 atom stereocenters. The molecule has 70 valence electrons. The van der Waals surface area contributed by atoms with Gasteiger partial charge >= 0.3 is 5.97 Å². The lowest BCUT2D eigenvalue weighted by atomic mass is 10.1. The van der Waals surface area contributed by atoms with Crippen molar-refractivity contribution in [2.75, 3.05) is 6.61 Å². The van der Waals surface area contributed by atoms with Gasteiger partial charge in [-0.05, 0) is 6.92 Å². The van der Waals surface area contributed by atoms with Gasteiger partial charge in [-0.3, -0.25) is 5.32 Å². The number of carbonyl (C=O) groups is 1. The van der Waals surface area contributed by atoms with E-state index in [9.17, 15) is 4.79 Å². The van der Waals surface area contributed by atoms with Crippen LogP contribution in [0.15, 0.2) is 22.2 Å². The van der Waals surface area contributed by atoms with E-state index in [0.717, 1.165) is 4.48 Å². The summed E-state index contributed by atoms with van der Waals surface area (Å²) in [5.41, 5.74) is 0.717. The molecule has 13 heavy (non-hydrogen) atoms. The Labute approximate surface area is 85.0 Å². The molecule has 0 aromatic rings. The molecule has 2 bridgehead atoms. The molecule has 2 rings (SSSR count). The molecule has 1 N–H and O–H groups in total. The second-order valence-corrected chi connectivity index (χ2v) is 3.84. The topological polar surface area (TPSA) is 38.3 Å². The van der Waals surface area contributed by atoms with E-state index in [-0.39, 0.29) is 18.1 Å². The fraction of sp³-hybridized carbons (Fsp3) is 0.444. The summed E-state index contributed by atoms with van der Waals surface area (Å²) in [6.45, 7) is 2.23. The molecule has 0 aromatic heterocycles. The zero-order valence-corrected chi connectivity index (χ0v) is 8.80. The summed E-state index contributed by atoms with van der Waals surface area (Å²) in [7, 11) is 0. The lowest BCUT2D eigenvalue weighted by Gasteiger charge is -2.08. The molecule has 0 amide bonds. The van der Waals surface area contributed by atoms with Crippen molar-refractivity contribution in [1.29, 1.82) is 0 Å². The van der Waals surface area contributed by atoms with Crippen molar-refractivity contribution < 1.29 is 9.53 Å². The van der Waals surface area contributed by atoms with Gasteiger partial charge in [-0.1, -0.05) is 28.1 Å². The second-order valence-electron chi connectivity index (χ2n) is 2.99. The zero-order valence-electron chi connectivity index (χ0n) is 7.21. The third-order valence-electron chi connectivity index (χ3n) is 2.19. The van der Waals surface area contributed by atoms with Crippen LogP contribution in [0.2, 0.25) is 0 Å². The van der Waals surface area contributed by atoms with Gasteiger partial charge in [-0.15, -0.1) is 0 Å². The number of halogens is 1. The van der Waals surface area contributed by atoms with Gasteiger partial charge in [0.05, 0.1) is 24.3 Å². The smallest absolute Gasteiger partial charge is 0.336 e. The SMILES string of the molecule is CCOC(=O)C1=C(Br)C2C=CC1N2. The van der Waals surface area contributed by atoms with Crippen LogP contribution in [0.25, 0.3) is 0 Å². The van der Waals surface area contributed by atoms with Gasteiger partial charge in [-0.2, -0.15) is 0 Å². The predicted molar refractivity (Wildman–Crippen MR) is 52.4 cm³/mol. The van der Waals surface area contributed by atoms with E-state index in [4.69, 9.17) is 4.74 Å². The maximum atomic E-state index is 11.5. The van der Waals surface area contributed by atoms with Gasteiger partial charge < -0.3 is 4.74 Å². The number of fused-ring (bicyclic) bond motifs is 2. The van der Waals surface area contributed by atoms with Crippen LogP contribution in [0.1, 0.15) is 6.92 Å². The highest BCUT2D eigenvalue weighted by molar-refractivity contribution is 9.11. The molecule has 2 heterocycles. The van der Waals surface area contributed by atoms with Gasteiger partial charge in [0.2, 0.25) is 0 Å². The molecule has 0 spiro atoms. The van der Waals surface area contributed by atoms with E-state index in [0.29, 0.717) is 12.2 Å². The standard InChI is InChI=1S/C9H10BrNO2/c1-2-13-9(12)7-5-3-4-6(11-5)8(7)10/h3-6,11H,2H2,1H3. The molecule has 0 fully saturated rings. The Bertz CT molecular complexity index is 309. The van der Waals surface area contributed by atoms with Crippen molar-refractivity contribution in [2.45, 2.75) is 19.0 Å². The molecule has 0 aliphatic carbocycles. The average molecular weight is 244 g/mol. The van der Waals surface area contributed by atoms with E-state index >= 15 is 0 Å². The summed E-state index contributed by atoms with van der Waals surface area (Å²) in [4.78, 5) is 11.5. The van der Waals surface area contributed by atoms with Crippen molar-refractivity contribution >= 4 is 21.9 Å². The summed E-state index contributed by atoms with van der Waals surface area (Å²) in [6.07, 6.45) is 4.03. The highest BCUT2D eigenvalue weighted by atomic mass is 79.9. The lowest BCUT2D eigenvalue weighted by molar-refractivity contribution is -0.138. The highest BCUT2D eigenvalue weighted by Gasteiger charge is 2.37. The maximum Gasteiger partial charge on any atom is 0.336 e. The Morgan fingerprint density at radius 2 is 2.31 bits per heavy atom. The number of ether oxygens (including phenoxy) is 1. The fourth-order valence-corrected chi connectivity index (χ4v) is 2.31. The summed E-state index contributed by atoms with van der Waals surface area (Å²) in [5.74, 6) is -0.223. The molecule has 2 unspecified atom stereocenters. The van der Waals surface area contributed by atoms with E-state index in [1.807, 2.05) is 19.1 Å². The van der Waals surface area contributed by atoms with Crippen LogP contribution in [0, 0.1) is 0 Å². The first-order chi connectivity index (χ1) is 6.24. The fourth-order valence-electron chi connectivity index (χ4n) is 1.61. The minimum atomic E-state index is -0.223. The normalized spacial score (nSPS) is 30.0. The summed E-state index contributed by atoms with van der Waals surface area (Å²) in [6, 6.07) is 0.211. The third-order valence-corrected chi connectivity index (χ3v) is 3.11. The molecule has 0 aromatic carbocycles. The van der Waals surface area contributed by atoms with Crippen molar-refractivity contribution in [1.82, 2.24) is 5.32 Å². The van der Waals surface area contributed by atoms with Crippen LogP contribution < -0.4 is 5.32 Å². The molecule has 0 saturated heterocycles. The summed E-state index contributed by atoms with van der Waals surface area (Å²) in [5, 5.41) is 3.23. The number of nitrogens with one attached hydrogen (secondary N) is 1. The first kappa shape index (κ1) is 8.97. The zero-order chi connectivity index (χ0) is 9.42. The van der Waals surface area contributed by atoms with Gasteiger partial charge in [-0.25, -0.2) is 4.79 Å².